The normalized spacial score (nSPS) is 20.0. The summed E-state index contributed by atoms with van der Waals surface area (Å²) in [5, 5.41) is 0.489. The number of imide groups is 1. The van der Waals surface area contributed by atoms with E-state index < -0.39 is 5.91 Å². The Labute approximate surface area is 145 Å². The maximum Gasteiger partial charge on any atom is 0.283 e. The molecule has 0 spiro atoms. The van der Waals surface area contributed by atoms with Crippen LogP contribution >= 0.6 is 23.2 Å². The number of amides is 2. The summed E-state index contributed by atoms with van der Waals surface area (Å²) in [7, 11) is 2.02. The molecule has 0 aromatic heterocycles. The first kappa shape index (κ1) is 16.3. The highest BCUT2D eigenvalue weighted by atomic mass is 35.5. The Bertz CT molecular complexity index is 709. The second kappa shape index (κ2) is 6.15. The van der Waals surface area contributed by atoms with Gasteiger partial charge in [-0.3, -0.25) is 9.59 Å². The number of aryl methyl sites for hydroxylation is 1. The van der Waals surface area contributed by atoms with Crippen LogP contribution in [-0.2, 0) is 9.59 Å². The molecule has 122 valence electrons. The van der Waals surface area contributed by atoms with Gasteiger partial charge in [0.25, 0.3) is 11.8 Å². The van der Waals surface area contributed by atoms with Gasteiger partial charge in [0, 0.05) is 31.2 Å². The summed E-state index contributed by atoms with van der Waals surface area (Å²) in [5.41, 5.74) is 1.62. The number of hydrogen-bond acceptors (Lipinski definition) is 4. The van der Waals surface area contributed by atoms with E-state index in [9.17, 15) is 9.59 Å². The minimum Gasteiger partial charge on any atom is -0.363 e. The van der Waals surface area contributed by atoms with E-state index in [4.69, 9.17) is 23.2 Å². The molecule has 0 N–H and O–H groups in total. The van der Waals surface area contributed by atoms with Gasteiger partial charge in [-0.15, -0.1) is 0 Å². The number of likely N-dealkylation sites (N-methyl/N-ethyl adjacent to an activating group) is 1. The molecule has 1 saturated heterocycles. The number of halogens is 2. The van der Waals surface area contributed by atoms with Gasteiger partial charge in [0.1, 0.15) is 10.7 Å². The lowest BCUT2D eigenvalue weighted by Crippen LogP contribution is -2.46. The van der Waals surface area contributed by atoms with Gasteiger partial charge < -0.3 is 9.80 Å². The van der Waals surface area contributed by atoms with Crippen molar-refractivity contribution in [2.75, 3.05) is 38.1 Å². The third-order valence-electron chi connectivity index (χ3n) is 4.24. The quantitative estimate of drug-likeness (QED) is 0.764. The zero-order chi connectivity index (χ0) is 16.7. The summed E-state index contributed by atoms with van der Waals surface area (Å²) in [6, 6.07) is 5.10. The Balaban J connectivity index is 1.91. The molecule has 2 aliphatic heterocycles. The fourth-order valence-corrected chi connectivity index (χ4v) is 3.21. The molecule has 0 bridgehead atoms. The summed E-state index contributed by atoms with van der Waals surface area (Å²) in [6.07, 6.45) is 0. The van der Waals surface area contributed by atoms with Gasteiger partial charge in [-0.25, -0.2) is 4.90 Å². The van der Waals surface area contributed by atoms with Crippen LogP contribution in [0.5, 0.6) is 0 Å². The number of carbonyl (C=O) groups is 2. The molecule has 7 heteroatoms. The molecule has 5 nitrogen and oxygen atoms in total. The van der Waals surface area contributed by atoms with Crippen molar-refractivity contribution >= 4 is 40.7 Å². The van der Waals surface area contributed by atoms with Crippen LogP contribution in [0, 0.1) is 6.92 Å². The first-order valence-electron chi connectivity index (χ1n) is 7.38. The number of hydrogen-bond donors (Lipinski definition) is 0. The van der Waals surface area contributed by atoms with Crippen molar-refractivity contribution in [2.45, 2.75) is 6.92 Å². The van der Waals surface area contributed by atoms with E-state index in [1.165, 1.54) is 0 Å². The summed E-state index contributed by atoms with van der Waals surface area (Å²) < 4.78 is 0. The maximum absolute atomic E-state index is 12.8. The Kier molecular flexibility index (Phi) is 4.36. The number of nitrogens with zero attached hydrogens (tertiary/aromatic N) is 3. The van der Waals surface area contributed by atoms with Crippen LogP contribution in [0.25, 0.3) is 0 Å². The fraction of sp³-hybridized carbons (Fsp3) is 0.375. The van der Waals surface area contributed by atoms with Crippen molar-refractivity contribution in [1.82, 2.24) is 9.80 Å². The Morgan fingerprint density at radius 2 is 1.65 bits per heavy atom. The molecule has 3 rings (SSSR count). The van der Waals surface area contributed by atoms with Gasteiger partial charge in [-0.1, -0.05) is 29.3 Å². The summed E-state index contributed by atoms with van der Waals surface area (Å²) in [6.45, 7) is 4.85. The minimum absolute atomic E-state index is 0.0174. The lowest BCUT2D eigenvalue weighted by molar-refractivity contribution is -0.121. The van der Waals surface area contributed by atoms with Crippen molar-refractivity contribution in [2.24, 2.45) is 0 Å². The van der Waals surface area contributed by atoms with Crippen LogP contribution in [-0.4, -0.2) is 54.8 Å². The lowest BCUT2D eigenvalue weighted by Gasteiger charge is -2.34. The SMILES string of the molecule is Cc1ccc(N2C(=O)C(Cl)=C(N3CCN(C)CC3)C2=O)cc1Cl. The van der Waals surface area contributed by atoms with Crippen LogP contribution in [0.2, 0.25) is 5.02 Å². The van der Waals surface area contributed by atoms with Gasteiger partial charge in [0.05, 0.1) is 5.69 Å². The highest BCUT2D eigenvalue weighted by Crippen LogP contribution is 2.33. The fourth-order valence-electron chi connectivity index (χ4n) is 2.75. The Hall–Kier alpha value is -1.56. The van der Waals surface area contributed by atoms with E-state index in [0.717, 1.165) is 23.6 Å². The third-order valence-corrected chi connectivity index (χ3v) is 4.99. The van der Waals surface area contributed by atoms with Crippen LogP contribution in [0.4, 0.5) is 5.69 Å². The van der Waals surface area contributed by atoms with Crippen molar-refractivity contribution in [3.8, 4) is 0 Å². The molecule has 2 amide bonds. The molecule has 0 aliphatic carbocycles. The highest BCUT2D eigenvalue weighted by molar-refractivity contribution is 6.52. The second-order valence-corrected chi connectivity index (χ2v) is 6.62. The zero-order valence-electron chi connectivity index (χ0n) is 13.0. The molecule has 1 aromatic carbocycles. The first-order valence-corrected chi connectivity index (χ1v) is 8.14. The number of piperazine rings is 1. The molecule has 1 aromatic rings. The van der Waals surface area contributed by atoms with Crippen LogP contribution < -0.4 is 4.90 Å². The van der Waals surface area contributed by atoms with Gasteiger partial charge in [0.2, 0.25) is 0 Å². The molecule has 2 heterocycles. The minimum atomic E-state index is -0.495. The third kappa shape index (κ3) is 2.84. The van der Waals surface area contributed by atoms with E-state index >= 15 is 0 Å². The second-order valence-electron chi connectivity index (χ2n) is 5.83. The van der Waals surface area contributed by atoms with Gasteiger partial charge >= 0.3 is 0 Å². The molecular formula is C16H17Cl2N3O2. The van der Waals surface area contributed by atoms with Crippen LogP contribution in [0.3, 0.4) is 0 Å². The number of benzene rings is 1. The van der Waals surface area contributed by atoms with Crippen molar-refractivity contribution in [1.29, 1.82) is 0 Å². The van der Waals surface area contributed by atoms with E-state index in [0.29, 0.717) is 29.5 Å². The molecule has 0 radical (unpaired) electrons. The smallest absolute Gasteiger partial charge is 0.283 e. The Morgan fingerprint density at radius 3 is 2.26 bits per heavy atom. The van der Waals surface area contributed by atoms with E-state index in [-0.39, 0.29) is 10.9 Å². The van der Waals surface area contributed by atoms with Crippen molar-refractivity contribution < 1.29 is 9.59 Å². The topological polar surface area (TPSA) is 43.9 Å². The molecular weight excluding hydrogens is 337 g/mol. The van der Waals surface area contributed by atoms with E-state index in [1.54, 1.807) is 18.2 Å². The molecule has 0 saturated carbocycles. The average molecular weight is 354 g/mol. The average Bonchev–Trinajstić information content (AvgIpc) is 2.74. The summed E-state index contributed by atoms with van der Waals surface area (Å²) in [5.74, 6) is -0.880. The number of anilines is 1. The number of rotatable bonds is 2. The first-order chi connectivity index (χ1) is 10.9. The lowest BCUT2D eigenvalue weighted by atomic mass is 10.2. The largest absolute Gasteiger partial charge is 0.363 e. The maximum atomic E-state index is 12.8. The zero-order valence-corrected chi connectivity index (χ0v) is 14.5. The van der Waals surface area contributed by atoms with Crippen LogP contribution in [0.15, 0.2) is 28.9 Å². The molecule has 23 heavy (non-hydrogen) atoms. The van der Waals surface area contributed by atoms with Crippen molar-refractivity contribution in [3.63, 3.8) is 0 Å². The predicted molar refractivity (Wildman–Crippen MR) is 90.6 cm³/mol. The highest BCUT2D eigenvalue weighted by Gasteiger charge is 2.41. The summed E-state index contributed by atoms with van der Waals surface area (Å²) in [4.78, 5) is 30.4. The standard InChI is InChI=1S/C16H17Cl2N3O2/c1-10-3-4-11(9-12(10)17)21-15(22)13(18)14(16(21)23)20-7-5-19(2)6-8-20/h3-4,9H,5-8H2,1-2H3. The molecule has 0 unspecified atom stereocenters. The Morgan fingerprint density at radius 1 is 1.00 bits per heavy atom. The van der Waals surface area contributed by atoms with E-state index in [1.807, 2.05) is 18.9 Å². The molecule has 0 atom stereocenters. The molecule has 2 aliphatic rings. The monoisotopic (exact) mass is 353 g/mol. The van der Waals surface area contributed by atoms with Gasteiger partial charge in [-0.2, -0.15) is 0 Å². The van der Waals surface area contributed by atoms with E-state index in [2.05, 4.69) is 4.90 Å². The molecule has 1 fully saturated rings. The van der Waals surface area contributed by atoms with Gasteiger partial charge in [-0.05, 0) is 31.7 Å². The predicted octanol–water partition coefficient (Wildman–Crippen LogP) is 2.22. The van der Waals surface area contributed by atoms with Gasteiger partial charge in [0.15, 0.2) is 0 Å². The summed E-state index contributed by atoms with van der Waals surface area (Å²) >= 11 is 12.3. The van der Waals surface area contributed by atoms with Crippen LogP contribution in [0.1, 0.15) is 5.56 Å². The number of carbonyl (C=O) groups excluding carboxylic acids is 2. The van der Waals surface area contributed by atoms with Crippen molar-refractivity contribution in [3.05, 3.63) is 39.5 Å².